The van der Waals surface area contributed by atoms with Gasteiger partial charge in [0.05, 0.1) is 6.04 Å². The van der Waals surface area contributed by atoms with Crippen LogP contribution in [0.1, 0.15) is 18.4 Å². The number of hydrogen-bond donors (Lipinski definition) is 7. The minimum absolute atomic E-state index is 0.0717. The van der Waals surface area contributed by atoms with Crippen molar-refractivity contribution in [3.8, 4) is 0 Å². The van der Waals surface area contributed by atoms with Crippen LogP contribution >= 0.6 is 36.2 Å². The highest BCUT2D eigenvalue weighted by Gasteiger charge is 2.30. The lowest BCUT2D eigenvalue weighted by atomic mass is 10.0. The van der Waals surface area contributed by atoms with Gasteiger partial charge in [0.25, 0.3) is 0 Å². The monoisotopic (exact) mass is 569 g/mol. The number of carboxylic acid groups (broad SMARTS) is 1. The summed E-state index contributed by atoms with van der Waals surface area (Å²) in [6.45, 7) is 0. The average Bonchev–Trinajstić information content (AvgIpc) is 3.30. The fraction of sp³-hybridized carbons (Fsp3) is 0.500. The molecule has 0 bridgehead atoms. The standard InChI is InChI=1S/C24H35N5O5S3/c1-36-9-7-18(27-21(30)16(25)13-35)22(31)28-19(8-10-37-2)23(32)29-20(24(33)34)11-14-12-26-17-6-4-3-5-15(14)17/h3-6,12,16,18-20,26,35H,7-11,13,25H2,1-2H3,(H,27,30)(H,28,31)(H,29,32)(H,33,34). The number of carbonyl (C=O) groups is 4. The molecule has 0 aliphatic heterocycles. The summed E-state index contributed by atoms with van der Waals surface area (Å²) in [5, 5.41) is 18.6. The molecule has 1 aromatic carbocycles. The van der Waals surface area contributed by atoms with Gasteiger partial charge < -0.3 is 31.8 Å². The van der Waals surface area contributed by atoms with Gasteiger partial charge in [-0.3, -0.25) is 14.4 Å². The van der Waals surface area contributed by atoms with Crippen LogP contribution in [0.2, 0.25) is 0 Å². The highest BCUT2D eigenvalue weighted by Crippen LogP contribution is 2.19. The third kappa shape index (κ3) is 9.47. The van der Waals surface area contributed by atoms with E-state index in [0.717, 1.165) is 16.5 Å². The molecular formula is C24H35N5O5S3. The number of carbonyl (C=O) groups excluding carboxylic acids is 3. The van der Waals surface area contributed by atoms with Crippen molar-refractivity contribution in [3.63, 3.8) is 0 Å². The fourth-order valence-corrected chi connectivity index (χ4v) is 4.74. The second-order valence-electron chi connectivity index (χ2n) is 8.44. The van der Waals surface area contributed by atoms with E-state index in [0.29, 0.717) is 17.9 Å². The van der Waals surface area contributed by atoms with E-state index in [1.165, 1.54) is 23.5 Å². The number of para-hydroxylation sites is 1. The minimum Gasteiger partial charge on any atom is -0.480 e. The quantitative estimate of drug-likeness (QED) is 0.147. The molecule has 0 saturated carbocycles. The van der Waals surface area contributed by atoms with E-state index < -0.39 is 47.9 Å². The molecule has 0 spiro atoms. The van der Waals surface area contributed by atoms with Crippen molar-refractivity contribution in [1.82, 2.24) is 20.9 Å². The Labute approximate surface area is 230 Å². The van der Waals surface area contributed by atoms with Gasteiger partial charge in [0, 0.05) is 29.3 Å². The Kier molecular flexibility index (Phi) is 13.2. The third-order valence-corrected chi connectivity index (χ3v) is 7.42. The number of aromatic amines is 1. The molecule has 3 amide bonds. The average molecular weight is 570 g/mol. The SMILES string of the molecule is CSCCC(NC(=O)C(N)CS)C(=O)NC(CCSC)C(=O)NC(Cc1c[nH]c2ccccc12)C(=O)O. The summed E-state index contributed by atoms with van der Waals surface area (Å²) in [7, 11) is 0. The molecule has 2 rings (SSSR count). The van der Waals surface area contributed by atoms with E-state index in [-0.39, 0.29) is 18.6 Å². The lowest BCUT2D eigenvalue weighted by Gasteiger charge is -2.25. The summed E-state index contributed by atoms with van der Waals surface area (Å²) in [5.41, 5.74) is 7.36. The van der Waals surface area contributed by atoms with Crippen molar-refractivity contribution in [3.05, 3.63) is 36.0 Å². The number of H-pyrrole nitrogens is 1. The van der Waals surface area contributed by atoms with E-state index in [2.05, 4.69) is 33.6 Å². The topological polar surface area (TPSA) is 166 Å². The zero-order valence-electron chi connectivity index (χ0n) is 20.9. The first kappa shape index (κ1) is 30.9. The smallest absolute Gasteiger partial charge is 0.326 e. The molecule has 0 aliphatic carbocycles. The number of thioether (sulfide) groups is 2. The number of nitrogens with one attached hydrogen (secondary N) is 4. The van der Waals surface area contributed by atoms with Crippen molar-refractivity contribution in [2.24, 2.45) is 5.73 Å². The molecule has 0 fully saturated rings. The summed E-state index contributed by atoms with van der Waals surface area (Å²) in [4.78, 5) is 53.7. The Morgan fingerprint density at radius 2 is 1.49 bits per heavy atom. The number of aromatic nitrogens is 1. The molecule has 7 N–H and O–H groups in total. The number of aliphatic carboxylic acids is 1. The number of amides is 3. The molecule has 1 aromatic heterocycles. The zero-order chi connectivity index (χ0) is 27.4. The summed E-state index contributed by atoms with van der Waals surface area (Å²) < 4.78 is 0. The summed E-state index contributed by atoms with van der Waals surface area (Å²) >= 11 is 7.03. The van der Waals surface area contributed by atoms with Gasteiger partial charge in [-0.1, -0.05) is 18.2 Å². The molecule has 0 aliphatic rings. The van der Waals surface area contributed by atoms with E-state index in [9.17, 15) is 24.3 Å². The van der Waals surface area contributed by atoms with Gasteiger partial charge in [0.1, 0.15) is 18.1 Å². The number of benzene rings is 1. The van der Waals surface area contributed by atoms with Crippen molar-refractivity contribution < 1.29 is 24.3 Å². The molecule has 13 heteroatoms. The highest BCUT2D eigenvalue weighted by molar-refractivity contribution is 7.98. The second kappa shape index (κ2) is 15.8. The Hall–Kier alpha value is -2.35. The van der Waals surface area contributed by atoms with Gasteiger partial charge in [0.2, 0.25) is 17.7 Å². The number of carboxylic acids is 1. The Balaban J connectivity index is 2.15. The lowest BCUT2D eigenvalue weighted by molar-refractivity contribution is -0.142. The minimum atomic E-state index is -1.19. The Bertz CT molecular complexity index is 1070. The second-order valence-corrected chi connectivity index (χ2v) is 10.8. The number of fused-ring (bicyclic) bond motifs is 1. The maximum Gasteiger partial charge on any atom is 0.326 e. The van der Waals surface area contributed by atoms with Gasteiger partial charge in [-0.15, -0.1) is 0 Å². The van der Waals surface area contributed by atoms with Crippen molar-refractivity contribution in [1.29, 1.82) is 0 Å². The zero-order valence-corrected chi connectivity index (χ0v) is 23.4. The highest BCUT2D eigenvalue weighted by atomic mass is 32.2. The molecule has 37 heavy (non-hydrogen) atoms. The molecule has 0 radical (unpaired) electrons. The maximum absolute atomic E-state index is 13.2. The van der Waals surface area contributed by atoms with Gasteiger partial charge >= 0.3 is 5.97 Å². The predicted octanol–water partition coefficient (Wildman–Crippen LogP) is 1.01. The van der Waals surface area contributed by atoms with E-state index in [1.54, 1.807) is 6.20 Å². The van der Waals surface area contributed by atoms with Crippen LogP contribution in [0.25, 0.3) is 10.9 Å². The normalized spacial score (nSPS) is 14.4. The first-order valence-corrected chi connectivity index (χ1v) is 15.2. The van der Waals surface area contributed by atoms with Gasteiger partial charge in [-0.25, -0.2) is 4.79 Å². The van der Waals surface area contributed by atoms with Gasteiger partial charge in [0.15, 0.2) is 0 Å². The molecule has 204 valence electrons. The summed E-state index contributed by atoms with van der Waals surface area (Å²) in [6, 6.07) is 3.57. The van der Waals surface area contributed by atoms with Crippen LogP contribution in [-0.2, 0) is 25.6 Å². The molecule has 1 heterocycles. The van der Waals surface area contributed by atoms with Crippen LogP contribution in [0.3, 0.4) is 0 Å². The van der Waals surface area contributed by atoms with Crippen LogP contribution in [0, 0.1) is 0 Å². The lowest BCUT2D eigenvalue weighted by Crippen LogP contribution is -2.57. The van der Waals surface area contributed by atoms with Crippen molar-refractivity contribution >= 4 is 70.7 Å². The number of thiol groups is 1. The van der Waals surface area contributed by atoms with Crippen LogP contribution in [0.5, 0.6) is 0 Å². The number of hydrogen-bond acceptors (Lipinski definition) is 8. The fourth-order valence-electron chi connectivity index (χ4n) is 3.64. The molecule has 4 atom stereocenters. The first-order valence-electron chi connectivity index (χ1n) is 11.7. The molecule has 2 aromatic rings. The Morgan fingerprint density at radius 1 is 0.946 bits per heavy atom. The molecule has 10 nitrogen and oxygen atoms in total. The third-order valence-electron chi connectivity index (χ3n) is 5.73. The van der Waals surface area contributed by atoms with Crippen molar-refractivity contribution in [2.75, 3.05) is 29.8 Å². The first-order chi connectivity index (χ1) is 17.7. The number of rotatable bonds is 16. The predicted molar refractivity (Wildman–Crippen MR) is 153 cm³/mol. The van der Waals surface area contributed by atoms with E-state index in [1.807, 2.05) is 36.8 Å². The van der Waals surface area contributed by atoms with E-state index >= 15 is 0 Å². The maximum atomic E-state index is 13.2. The molecular weight excluding hydrogens is 534 g/mol. The molecule has 0 saturated heterocycles. The van der Waals surface area contributed by atoms with Gasteiger partial charge in [-0.2, -0.15) is 36.2 Å². The van der Waals surface area contributed by atoms with Crippen LogP contribution in [-0.4, -0.2) is 87.7 Å². The van der Waals surface area contributed by atoms with Crippen LogP contribution in [0.4, 0.5) is 0 Å². The van der Waals surface area contributed by atoms with Gasteiger partial charge in [-0.05, 0) is 48.5 Å². The summed E-state index contributed by atoms with van der Waals surface area (Å²) in [5.74, 6) is -1.54. The van der Waals surface area contributed by atoms with Crippen LogP contribution in [0.15, 0.2) is 30.5 Å². The van der Waals surface area contributed by atoms with Crippen LogP contribution < -0.4 is 21.7 Å². The summed E-state index contributed by atoms with van der Waals surface area (Å²) in [6.07, 6.45) is 6.18. The number of nitrogens with two attached hydrogens (primary N) is 1. The van der Waals surface area contributed by atoms with E-state index in [4.69, 9.17) is 5.73 Å². The van der Waals surface area contributed by atoms with Crippen molar-refractivity contribution in [2.45, 2.75) is 43.4 Å². The molecule has 4 unspecified atom stereocenters. The largest absolute Gasteiger partial charge is 0.480 e. The Morgan fingerprint density at radius 3 is 2.03 bits per heavy atom.